The summed E-state index contributed by atoms with van der Waals surface area (Å²) in [7, 11) is 0. The lowest BCUT2D eigenvalue weighted by atomic mass is 10.3. The molecule has 0 aromatic carbocycles. The Balaban J connectivity index is 5.15. The van der Waals surface area contributed by atoms with E-state index in [4.69, 9.17) is 0 Å². The molecule has 2 nitrogen and oxygen atoms in total. The molecular weight excluding hydrogens is 299 g/mol. The van der Waals surface area contributed by atoms with Crippen molar-refractivity contribution in [3.63, 3.8) is 0 Å². The highest BCUT2D eigenvalue weighted by molar-refractivity contribution is 4.80. The third-order valence-corrected chi connectivity index (χ3v) is 1.55. The quantitative estimate of drug-likeness (QED) is 0.505. The maximum atomic E-state index is 13.4. The number of hydrogen-bond donors (Lipinski definition) is 0. The molecule has 0 aromatic heterocycles. The van der Waals surface area contributed by atoms with Crippen LogP contribution < -0.4 is 0 Å². The van der Waals surface area contributed by atoms with Crippen LogP contribution in [0.15, 0.2) is 0 Å². The summed E-state index contributed by atoms with van der Waals surface area (Å²) in [4.78, 5) is 0. The molecule has 0 aliphatic heterocycles. The van der Waals surface area contributed by atoms with Crippen molar-refractivity contribution in [1.82, 2.24) is 0 Å². The van der Waals surface area contributed by atoms with E-state index in [1.165, 1.54) is 0 Å². The third-order valence-electron chi connectivity index (χ3n) is 1.55. The zero-order valence-corrected chi connectivity index (χ0v) is 9.34. The van der Waals surface area contributed by atoms with Crippen LogP contribution in [0.3, 0.4) is 0 Å². The highest BCUT2D eigenvalue weighted by Gasteiger charge is 2.63. The van der Waals surface area contributed by atoms with Crippen molar-refractivity contribution >= 4 is 0 Å². The highest BCUT2D eigenvalue weighted by atomic mass is 19.3. The molecule has 0 aromatic rings. The second-order valence-corrected chi connectivity index (χ2v) is 3.61. The summed E-state index contributed by atoms with van der Waals surface area (Å²) in [6.45, 7) is -7.65. The first-order valence-corrected chi connectivity index (χ1v) is 4.57. The number of alkyl halides is 9. The van der Waals surface area contributed by atoms with Gasteiger partial charge in [-0.1, -0.05) is 0 Å². The second kappa shape index (κ2) is 5.73. The van der Waals surface area contributed by atoms with Gasteiger partial charge in [0.1, 0.15) is 6.61 Å². The monoisotopic (exact) mass is 308 g/mol. The van der Waals surface area contributed by atoms with Gasteiger partial charge >= 0.3 is 18.1 Å². The van der Waals surface area contributed by atoms with Crippen LogP contribution in [0.1, 0.15) is 6.92 Å². The van der Waals surface area contributed by atoms with Crippen molar-refractivity contribution in [3.05, 3.63) is 0 Å². The van der Waals surface area contributed by atoms with E-state index >= 15 is 0 Å². The first-order valence-electron chi connectivity index (χ1n) is 4.57. The van der Waals surface area contributed by atoms with Crippen LogP contribution in [0.4, 0.5) is 39.5 Å². The number of rotatable bonds is 8. The number of hydrogen-bond acceptors (Lipinski definition) is 2. The fourth-order valence-electron chi connectivity index (χ4n) is 0.728. The van der Waals surface area contributed by atoms with Gasteiger partial charge in [-0.2, -0.15) is 22.0 Å². The maximum Gasteiger partial charge on any atom is 0.393 e. The van der Waals surface area contributed by atoms with Crippen LogP contribution >= 0.6 is 0 Å². The number of ether oxygens (including phenoxy) is 2. The molecule has 0 bridgehead atoms. The molecule has 0 spiro atoms. The van der Waals surface area contributed by atoms with Gasteiger partial charge in [-0.3, -0.25) is 4.74 Å². The molecule has 0 amide bonds. The van der Waals surface area contributed by atoms with Gasteiger partial charge in [0.15, 0.2) is 13.3 Å². The van der Waals surface area contributed by atoms with Crippen molar-refractivity contribution in [2.75, 3.05) is 20.0 Å². The molecule has 11 heteroatoms. The smallest absolute Gasteiger partial charge is 0.313 e. The molecule has 0 radical (unpaired) electrons. The average Bonchev–Trinajstić information content (AvgIpc) is 2.25. The van der Waals surface area contributed by atoms with E-state index in [2.05, 4.69) is 9.47 Å². The van der Waals surface area contributed by atoms with Gasteiger partial charge in [0.2, 0.25) is 0 Å². The summed E-state index contributed by atoms with van der Waals surface area (Å²) in [5.41, 5.74) is 0. The fourth-order valence-corrected chi connectivity index (χ4v) is 0.728. The Hall–Kier alpha value is -0.710. The van der Waals surface area contributed by atoms with E-state index in [1.807, 2.05) is 0 Å². The molecule has 1 atom stereocenters. The van der Waals surface area contributed by atoms with Crippen LogP contribution in [0, 0.1) is 0 Å². The van der Waals surface area contributed by atoms with Gasteiger partial charge in [0.25, 0.3) is 5.92 Å². The summed E-state index contributed by atoms with van der Waals surface area (Å²) in [5.74, 6) is -9.23. The third kappa shape index (κ3) is 5.43. The molecule has 1 unspecified atom stereocenters. The second-order valence-electron chi connectivity index (χ2n) is 3.61. The molecule has 116 valence electrons. The summed E-state index contributed by atoms with van der Waals surface area (Å²) in [5, 5.41) is 0. The summed E-state index contributed by atoms with van der Waals surface area (Å²) < 4.78 is 118. The van der Waals surface area contributed by atoms with Gasteiger partial charge in [-0.05, 0) is 0 Å². The predicted molar refractivity (Wildman–Crippen MR) is 43.3 cm³/mol. The molecule has 0 saturated carbocycles. The Bertz CT molecular complexity index is 290. The Morgan fingerprint density at radius 3 is 1.63 bits per heavy atom. The first-order chi connectivity index (χ1) is 8.29. The Labute approximate surface area is 101 Å². The first kappa shape index (κ1) is 18.3. The summed E-state index contributed by atoms with van der Waals surface area (Å²) >= 11 is 0. The van der Waals surface area contributed by atoms with Crippen LogP contribution in [0.5, 0.6) is 0 Å². The zero-order chi connectivity index (χ0) is 15.5. The van der Waals surface area contributed by atoms with E-state index in [0.717, 1.165) is 0 Å². The minimum Gasteiger partial charge on any atom is -0.313 e. The van der Waals surface area contributed by atoms with E-state index in [-0.39, 0.29) is 6.92 Å². The molecular formula is C8H9F9O2. The molecule has 0 N–H and O–H groups in total. The van der Waals surface area contributed by atoms with Crippen LogP contribution in [0.2, 0.25) is 0 Å². The van der Waals surface area contributed by atoms with Gasteiger partial charge < -0.3 is 4.74 Å². The summed E-state index contributed by atoms with van der Waals surface area (Å²) in [6.07, 6.45) is -5.10. The predicted octanol–water partition coefficient (Wildman–Crippen LogP) is 3.47. The summed E-state index contributed by atoms with van der Waals surface area (Å²) in [6, 6.07) is -5.24. The van der Waals surface area contributed by atoms with Crippen molar-refractivity contribution in [1.29, 1.82) is 0 Å². The van der Waals surface area contributed by atoms with Gasteiger partial charge in [-0.15, -0.1) is 0 Å². The van der Waals surface area contributed by atoms with Crippen molar-refractivity contribution in [3.8, 4) is 0 Å². The van der Waals surface area contributed by atoms with E-state index in [1.54, 1.807) is 0 Å². The molecule has 0 rings (SSSR count). The largest absolute Gasteiger partial charge is 0.393 e. The van der Waals surface area contributed by atoms with Crippen molar-refractivity contribution < 1.29 is 49.0 Å². The average molecular weight is 308 g/mol. The number of halogens is 9. The van der Waals surface area contributed by atoms with Crippen LogP contribution in [-0.2, 0) is 9.47 Å². The molecule has 0 aliphatic rings. The highest BCUT2D eigenvalue weighted by Crippen LogP contribution is 2.40. The van der Waals surface area contributed by atoms with E-state index in [0.29, 0.717) is 0 Å². The minimum atomic E-state index is -5.34. The normalized spacial score (nSPS) is 17.4. The molecule has 0 fully saturated rings. The Kier molecular flexibility index (Phi) is 5.52. The van der Waals surface area contributed by atoms with E-state index < -0.39 is 44.0 Å². The lowest BCUT2D eigenvalue weighted by Gasteiger charge is -2.33. The molecule has 0 saturated heterocycles. The van der Waals surface area contributed by atoms with Crippen molar-refractivity contribution in [2.45, 2.75) is 30.9 Å². The van der Waals surface area contributed by atoms with Crippen LogP contribution in [0.25, 0.3) is 0 Å². The Morgan fingerprint density at radius 2 is 1.32 bits per heavy atom. The lowest BCUT2D eigenvalue weighted by molar-refractivity contribution is -0.475. The fraction of sp³-hybridized carbons (Fsp3) is 1.00. The van der Waals surface area contributed by atoms with Crippen molar-refractivity contribution in [2.24, 2.45) is 0 Å². The topological polar surface area (TPSA) is 18.5 Å². The molecule has 0 aliphatic carbocycles. The van der Waals surface area contributed by atoms with Crippen LogP contribution in [-0.4, -0.2) is 44.0 Å². The van der Waals surface area contributed by atoms with Gasteiger partial charge in [0, 0.05) is 6.92 Å². The standard InChI is InChI=1S/C8H9F9O2/c1-5(11,12)4-18-8(17,6(13,14)2-9)19-7(15,16)3-10/h2-4H2,1H3. The Morgan fingerprint density at radius 1 is 0.842 bits per heavy atom. The lowest BCUT2D eigenvalue weighted by Crippen LogP contribution is -2.55. The maximum absolute atomic E-state index is 13.4. The zero-order valence-electron chi connectivity index (χ0n) is 9.34. The molecule has 0 heterocycles. The van der Waals surface area contributed by atoms with Gasteiger partial charge in [-0.25, -0.2) is 17.6 Å². The minimum absolute atomic E-state index is 0.0916. The molecule has 19 heavy (non-hydrogen) atoms. The SMILES string of the molecule is CC(F)(F)COC(F)(OC(F)(F)CF)C(F)(F)CF. The van der Waals surface area contributed by atoms with E-state index in [9.17, 15) is 39.5 Å². The van der Waals surface area contributed by atoms with Gasteiger partial charge in [0.05, 0.1) is 0 Å².